The third-order valence-corrected chi connectivity index (χ3v) is 3.30. The Hall–Kier alpha value is -0.610. The maximum absolute atomic E-state index is 11.2. The fraction of sp³-hybridized carbons (Fsp3) is 0.909. The zero-order valence-electron chi connectivity index (χ0n) is 9.92. The van der Waals surface area contributed by atoms with Gasteiger partial charge in [0.25, 0.3) is 0 Å². The summed E-state index contributed by atoms with van der Waals surface area (Å²) in [4.78, 5) is 13.4. The lowest BCUT2D eigenvalue weighted by molar-refractivity contribution is -0.145. The SMILES string of the molecule is CCNC(C)(CN(C)C1CCC1)C(=O)O. The molecule has 1 fully saturated rings. The van der Waals surface area contributed by atoms with Crippen LogP contribution in [0.5, 0.6) is 0 Å². The summed E-state index contributed by atoms with van der Waals surface area (Å²) >= 11 is 0. The molecular formula is C11H22N2O2. The molecule has 4 nitrogen and oxygen atoms in total. The minimum absolute atomic E-state index is 0.570. The van der Waals surface area contributed by atoms with Gasteiger partial charge in [-0.2, -0.15) is 0 Å². The van der Waals surface area contributed by atoms with Crippen LogP contribution in [0.25, 0.3) is 0 Å². The van der Waals surface area contributed by atoms with Crippen molar-refractivity contribution in [1.29, 1.82) is 0 Å². The summed E-state index contributed by atoms with van der Waals surface area (Å²) in [7, 11) is 2.02. The summed E-state index contributed by atoms with van der Waals surface area (Å²) in [5.74, 6) is -0.768. The molecule has 0 amide bonds. The average molecular weight is 214 g/mol. The lowest BCUT2D eigenvalue weighted by atomic mass is 9.90. The van der Waals surface area contributed by atoms with E-state index in [1.165, 1.54) is 19.3 Å². The highest BCUT2D eigenvalue weighted by molar-refractivity contribution is 5.78. The van der Waals surface area contributed by atoms with Gasteiger partial charge in [0.1, 0.15) is 5.54 Å². The molecule has 0 aromatic carbocycles. The van der Waals surface area contributed by atoms with Gasteiger partial charge in [-0.05, 0) is 33.4 Å². The topological polar surface area (TPSA) is 52.6 Å². The molecule has 1 atom stereocenters. The van der Waals surface area contributed by atoms with E-state index in [0.717, 1.165) is 0 Å². The van der Waals surface area contributed by atoms with Gasteiger partial charge in [0.15, 0.2) is 0 Å². The molecule has 1 rings (SSSR count). The summed E-state index contributed by atoms with van der Waals surface area (Å²) in [6.07, 6.45) is 3.69. The van der Waals surface area contributed by atoms with Crippen molar-refractivity contribution in [1.82, 2.24) is 10.2 Å². The van der Waals surface area contributed by atoms with Crippen LogP contribution in [0.15, 0.2) is 0 Å². The second kappa shape index (κ2) is 4.94. The minimum Gasteiger partial charge on any atom is -0.480 e. The number of nitrogens with zero attached hydrogens (tertiary/aromatic N) is 1. The highest BCUT2D eigenvalue weighted by Gasteiger charge is 2.35. The monoisotopic (exact) mass is 214 g/mol. The normalized spacial score (nSPS) is 21.1. The zero-order chi connectivity index (χ0) is 11.5. The van der Waals surface area contributed by atoms with E-state index < -0.39 is 11.5 Å². The van der Waals surface area contributed by atoms with Gasteiger partial charge in [0, 0.05) is 12.6 Å². The van der Waals surface area contributed by atoms with Crippen LogP contribution in [0.2, 0.25) is 0 Å². The summed E-state index contributed by atoms with van der Waals surface area (Å²) in [6, 6.07) is 0.585. The Balaban J connectivity index is 2.52. The van der Waals surface area contributed by atoms with Crippen LogP contribution < -0.4 is 5.32 Å². The summed E-state index contributed by atoms with van der Waals surface area (Å²) in [6.45, 7) is 4.95. The van der Waals surface area contributed by atoms with Gasteiger partial charge in [0.2, 0.25) is 0 Å². The maximum atomic E-state index is 11.2. The van der Waals surface area contributed by atoms with E-state index in [9.17, 15) is 9.90 Å². The number of carboxylic acids is 1. The van der Waals surface area contributed by atoms with E-state index in [2.05, 4.69) is 10.2 Å². The lowest BCUT2D eigenvalue weighted by Gasteiger charge is -2.39. The predicted octanol–water partition coefficient (Wildman–Crippen LogP) is 0.923. The van der Waals surface area contributed by atoms with Crippen LogP contribution in [0.3, 0.4) is 0 Å². The maximum Gasteiger partial charge on any atom is 0.324 e. The van der Waals surface area contributed by atoms with Crippen LogP contribution in [0.4, 0.5) is 0 Å². The van der Waals surface area contributed by atoms with Crippen LogP contribution in [-0.4, -0.2) is 47.7 Å². The molecule has 1 unspecified atom stereocenters. The number of nitrogens with one attached hydrogen (secondary N) is 1. The Labute approximate surface area is 91.6 Å². The molecule has 1 aliphatic carbocycles. The molecule has 4 heteroatoms. The van der Waals surface area contributed by atoms with Crippen LogP contribution in [0, 0.1) is 0 Å². The van der Waals surface area contributed by atoms with Crippen molar-refractivity contribution >= 4 is 5.97 Å². The van der Waals surface area contributed by atoms with E-state index in [4.69, 9.17) is 0 Å². The number of rotatable bonds is 6. The summed E-state index contributed by atoms with van der Waals surface area (Å²) in [5, 5.41) is 12.2. The first-order chi connectivity index (χ1) is 6.99. The molecule has 0 aromatic rings. The third kappa shape index (κ3) is 2.92. The van der Waals surface area contributed by atoms with Gasteiger partial charge >= 0.3 is 5.97 Å². The smallest absolute Gasteiger partial charge is 0.324 e. The molecule has 2 N–H and O–H groups in total. The molecule has 1 saturated carbocycles. The molecule has 0 aliphatic heterocycles. The van der Waals surface area contributed by atoms with Crippen molar-refractivity contribution in [3.8, 4) is 0 Å². The van der Waals surface area contributed by atoms with Crippen molar-refractivity contribution in [2.24, 2.45) is 0 Å². The Morgan fingerprint density at radius 2 is 2.20 bits per heavy atom. The number of carbonyl (C=O) groups is 1. The lowest BCUT2D eigenvalue weighted by Crippen LogP contribution is -2.58. The van der Waals surface area contributed by atoms with Crippen molar-refractivity contribution in [3.05, 3.63) is 0 Å². The Bertz CT molecular complexity index is 229. The fourth-order valence-corrected chi connectivity index (χ4v) is 2.04. The standard InChI is InChI=1S/C11H22N2O2/c1-4-12-11(2,10(14)15)8-13(3)9-6-5-7-9/h9,12H,4-8H2,1-3H3,(H,14,15). The fourth-order valence-electron chi connectivity index (χ4n) is 2.04. The van der Waals surface area contributed by atoms with Gasteiger partial charge in [-0.3, -0.25) is 4.79 Å². The molecule has 88 valence electrons. The van der Waals surface area contributed by atoms with Gasteiger partial charge in [-0.15, -0.1) is 0 Å². The van der Waals surface area contributed by atoms with Gasteiger partial charge in [-0.25, -0.2) is 0 Å². The second-order valence-electron chi connectivity index (χ2n) is 4.67. The first kappa shape index (κ1) is 12.5. The second-order valence-corrected chi connectivity index (χ2v) is 4.67. The molecule has 0 bridgehead atoms. The van der Waals surface area contributed by atoms with Crippen molar-refractivity contribution < 1.29 is 9.90 Å². The molecule has 15 heavy (non-hydrogen) atoms. The van der Waals surface area contributed by atoms with E-state index in [1.54, 1.807) is 6.92 Å². The number of likely N-dealkylation sites (N-methyl/N-ethyl adjacent to an activating group) is 2. The van der Waals surface area contributed by atoms with Crippen molar-refractivity contribution in [2.45, 2.75) is 44.7 Å². The van der Waals surface area contributed by atoms with E-state index in [-0.39, 0.29) is 0 Å². The Morgan fingerprint density at radius 3 is 2.53 bits per heavy atom. The van der Waals surface area contributed by atoms with Crippen LogP contribution in [-0.2, 0) is 4.79 Å². The minimum atomic E-state index is -0.820. The summed E-state index contributed by atoms with van der Waals surface area (Å²) in [5.41, 5.74) is -0.820. The van der Waals surface area contributed by atoms with Gasteiger partial charge in [-0.1, -0.05) is 13.3 Å². The van der Waals surface area contributed by atoms with E-state index in [1.807, 2.05) is 14.0 Å². The Morgan fingerprint density at radius 1 is 1.60 bits per heavy atom. The number of carboxylic acid groups (broad SMARTS) is 1. The molecule has 0 heterocycles. The number of hydrogen-bond donors (Lipinski definition) is 2. The number of aliphatic carboxylic acids is 1. The van der Waals surface area contributed by atoms with Crippen LogP contribution >= 0.6 is 0 Å². The molecule has 0 aromatic heterocycles. The average Bonchev–Trinajstić information content (AvgIpc) is 1.99. The molecular weight excluding hydrogens is 192 g/mol. The van der Waals surface area contributed by atoms with Gasteiger partial charge in [0.05, 0.1) is 0 Å². The quantitative estimate of drug-likeness (QED) is 0.690. The van der Waals surface area contributed by atoms with Gasteiger partial charge < -0.3 is 15.3 Å². The summed E-state index contributed by atoms with van der Waals surface area (Å²) < 4.78 is 0. The zero-order valence-corrected chi connectivity index (χ0v) is 9.92. The van der Waals surface area contributed by atoms with E-state index in [0.29, 0.717) is 19.1 Å². The van der Waals surface area contributed by atoms with Crippen molar-refractivity contribution in [3.63, 3.8) is 0 Å². The molecule has 0 spiro atoms. The molecule has 0 radical (unpaired) electrons. The third-order valence-electron chi connectivity index (χ3n) is 3.30. The largest absolute Gasteiger partial charge is 0.480 e. The number of hydrogen-bond acceptors (Lipinski definition) is 3. The van der Waals surface area contributed by atoms with Crippen molar-refractivity contribution in [2.75, 3.05) is 20.1 Å². The first-order valence-electron chi connectivity index (χ1n) is 5.68. The predicted molar refractivity (Wildman–Crippen MR) is 60.0 cm³/mol. The highest BCUT2D eigenvalue weighted by Crippen LogP contribution is 2.24. The van der Waals surface area contributed by atoms with E-state index >= 15 is 0 Å². The Kier molecular flexibility index (Phi) is 4.11. The highest BCUT2D eigenvalue weighted by atomic mass is 16.4. The first-order valence-corrected chi connectivity index (χ1v) is 5.68. The molecule has 1 aliphatic rings. The van der Waals surface area contributed by atoms with Crippen LogP contribution in [0.1, 0.15) is 33.1 Å². The molecule has 0 saturated heterocycles.